The zero-order chi connectivity index (χ0) is 70.6. The minimum absolute atomic E-state index is 0.0267. The highest BCUT2D eigenvalue weighted by Gasteiger charge is 2.15. The Hall–Kier alpha value is -12.2. The number of nitrogens with one attached hydrogen (secondary N) is 5. The molecule has 0 aliphatic carbocycles. The Morgan fingerprint density at radius 1 is 0.586 bits per heavy atom. The first-order valence-electron chi connectivity index (χ1n) is 30.3. The molecule has 0 amide bonds. The van der Waals surface area contributed by atoms with Gasteiger partial charge in [-0.25, -0.2) is 33.5 Å². The summed E-state index contributed by atoms with van der Waals surface area (Å²) < 4.78 is 32.5. The second-order valence-corrected chi connectivity index (χ2v) is 34.5. The Balaban J connectivity index is 0.000000146. The van der Waals surface area contributed by atoms with Crippen LogP contribution in [0.1, 0.15) is 37.2 Å². The van der Waals surface area contributed by atoms with Crippen LogP contribution in [-0.2, 0) is 34.3 Å². The fraction of sp³-hybridized carbons (Fsp3) is 0.215. The van der Waals surface area contributed by atoms with Crippen LogP contribution in [0.15, 0.2) is 165 Å². The number of esters is 1. The molecule has 508 valence electrons. The molecule has 31 nitrogen and oxygen atoms in total. The molecule has 0 unspecified atom stereocenters. The van der Waals surface area contributed by atoms with Crippen LogP contribution in [0.25, 0.3) is 82.1 Å². The smallest absolute Gasteiger partial charge is 0.356 e. The van der Waals surface area contributed by atoms with Crippen LogP contribution >= 0.6 is 0 Å². The second kappa shape index (κ2) is 36.1. The van der Waals surface area contributed by atoms with Gasteiger partial charge in [0.05, 0.1) is 84.2 Å². The minimum atomic E-state index is -1.05. The Kier molecular flexibility index (Phi) is 26.5. The summed E-state index contributed by atoms with van der Waals surface area (Å²) in [4.78, 5) is 62.3. The molecule has 0 saturated heterocycles. The van der Waals surface area contributed by atoms with Gasteiger partial charge in [-0.05, 0) is 103 Å². The Morgan fingerprint density at radius 3 is 1.66 bits per heavy atom. The number of ether oxygens (including phenoxy) is 3. The number of rotatable bonds is 14. The fourth-order valence-electron chi connectivity index (χ4n) is 8.26. The lowest BCUT2D eigenvalue weighted by Gasteiger charge is -2.15. The average Bonchev–Trinajstić information content (AvgIpc) is 1.71. The largest absolute Gasteiger partial charge is 0.618 e. The van der Waals surface area contributed by atoms with E-state index in [1.165, 1.54) is 37.7 Å². The lowest BCUT2D eigenvalue weighted by Crippen LogP contribution is -2.25. The van der Waals surface area contributed by atoms with E-state index in [0.717, 1.165) is 90.2 Å². The molecule has 0 aromatic carbocycles. The topological polar surface area (TPSA) is 400 Å². The van der Waals surface area contributed by atoms with Crippen LogP contribution in [0, 0.1) is 17.6 Å². The number of fused-ring (bicyclic) bond motifs is 7. The van der Waals surface area contributed by atoms with Gasteiger partial charge in [-0.2, -0.15) is 40.4 Å². The van der Waals surface area contributed by atoms with E-state index in [1.54, 1.807) is 109 Å². The van der Waals surface area contributed by atoms with Crippen molar-refractivity contribution in [3.05, 3.63) is 210 Å². The molecule has 15 aromatic rings. The SMILES string of the molecule is COC(=O)c1ccc2[nH]ncc2n1.C[Si](C)(C)CCOCn1ncc2c1ccc[n+]2[O-].C[Si](C)(C)CCOCn1ncc2ncccc21.O=Cc1ccc2[nH]ncc2n1.O=Cc1ncccc1F.OCc1ccc2[nH]ncc2n1.[C-]#[N+]c1ccc2[nH]ncc2n1.c1cnc2cn[nH]c2c1. The van der Waals surface area contributed by atoms with Crippen LogP contribution < -0.4 is 4.73 Å². The maximum Gasteiger partial charge on any atom is 0.356 e. The molecule has 0 saturated carbocycles. The number of halogens is 1. The van der Waals surface area contributed by atoms with Crippen LogP contribution in [0.5, 0.6) is 0 Å². The molecule has 15 rings (SSSR count). The van der Waals surface area contributed by atoms with Gasteiger partial charge in [-0.1, -0.05) is 45.9 Å². The van der Waals surface area contributed by atoms with Crippen LogP contribution in [0.4, 0.5) is 10.2 Å². The van der Waals surface area contributed by atoms with E-state index in [1.807, 2.05) is 41.1 Å². The number of carbonyl (C=O) groups is 3. The summed E-state index contributed by atoms with van der Waals surface area (Å²) in [6, 6.07) is 30.1. The third-order valence-corrected chi connectivity index (χ3v) is 17.0. The number of hydrogen-bond donors (Lipinski definition) is 6. The van der Waals surface area contributed by atoms with Crippen molar-refractivity contribution in [3.8, 4) is 0 Å². The number of nitrogens with zero attached hydrogens (tertiary/aromatic N) is 18. The molecule has 0 bridgehead atoms. The van der Waals surface area contributed by atoms with Gasteiger partial charge >= 0.3 is 5.97 Å². The molecule has 0 aliphatic rings. The number of aldehydes is 2. The molecule has 0 aliphatic heterocycles. The van der Waals surface area contributed by atoms with Crippen LogP contribution in [0.3, 0.4) is 0 Å². The molecule has 0 spiro atoms. The molecule has 0 fully saturated rings. The van der Waals surface area contributed by atoms with Gasteiger partial charge in [0, 0.05) is 54.0 Å². The van der Waals surface area contributed by atoms with Gasteiger partial charge in [0.1, 0.15) is 75.4 Å². The van der Waals surface area contributed by atoms with Gasteiger partial charge in [-0.3, -0.25) is 50.0 Å². The summed E-state index contributed by atoms with van der Waals surface area (Å²) in [5.74, 6) is -0.616. The van der Waals surface area contributed by atoms with Gasteiger partial charge in [0.15, 0.2) is 30.1 Å². The standard InChI is InChI=1S/C12H19N3O2Si.C12H19N3OSi.C8H7N3O2.C7H4N4.C7H7N3O.C7H5N3O.C6H4FNO.C6H5N3/c1-18(2,3)8-7-17-10-14-11-5-4-6-15(16)12(11)9-13-14;1-17(2,3)8-7-16-10-15-12-5-4-6-13-11(12)9-14-15;1-13-8(12)6-3-2-5-7(10-6)4-9-11-5;1-8-7-3-2-5-6(10-7)4-9-11-5;2*11-4-5-1-2-6-7(9-5)3-8-10-6;7-5-2-1-3-8-6(5)4-9;1-2-5-6(7-3-1)4-8-9-5/h4-6,9H,7-8,10H2,1-3H3;4-6,9H,7-8,10H2,1-3H3;2-4H,1H3,(H,9,11);2-4H,(H,9,11);1-3,11H,4H2,(H,8,10);1-4H,(H,8,10);1-4H;1-4H,(H,8,9). The van der Waals surface area contributed by atoms with E-state index >= 15 is 0 Å². The monoisotopic (exact) mass is 1380 g/mol. The molecular weight excluding hydrogens is 1310 g/mol. The normalized spacial score (nSPS) is 10.8. The number of aliphatic hydroxyl groups is 1. The van der Waals surface area contributed by atoms with Gasteiger partial charge < -0.3 is 29.4 Å². The van der Waals surface area contributed by atoms with Crippen LogP contribution in [0.2, 0.25) is 51.4 Å². The van der Waals surface area contributed by atoms with Crippen molar-refractivity contribution in [1.29, 1.82) is 0 Å². The van der Waals surface area contributed by atoms with Crippen LogP contribution in [-0.4, -0.2) is 166 Å². The van der Waals surface area contributed by atoms with Crippen molar-refractivity contribution in [2.45, 2.75) is 71.4 Å². The molecule has 34 heteroatoms. The van der Waals surface area contributed by atoms with E-state index < -0.39 is 27.9 Å². The van der Waals surface area contributed by atoms with Gasteiger partial charge in [-0.15, -0.1) is 4.98 Å². The van der Waals surface area contributed by atoms with Crippen molar-refractivity contribution in [2.24, 2.45) is 0 Å². The van der Waals surface area contributed by atoms with Gasteiger partial charge in [0.2, 0.25) is 0 Å². The second-order valence-electron chi connectivity index (χ2n) is 23.3. The Morgan fingerprint density at radius 2 is 1.09 bits per heavy atom. The number of aromatic amines is 5. The zero-order valence-corrected chi connectivity index (χ0v) is 56.9. The van der Waals surface area contributed by atoms with E-state index in [4.69, 9.17) is 21.2 Å². The Labute approximate surface area is 565 Å². The maximum atomic E-state index is 12.3. The summed E-state index contributed by atoms with van der Waals surface area (Å²) in [5, 5.41) is 61.5. The molecule has 15 aromatic heterocycles. The average molecular weight is 1380 g/mol. The summed E-state index contributed by atoms with van der Waals surface area (Å²) in [7, 11) is -0.728. The first-order chi connectivity index (χ1) is 47.8. The lowest BCUT2D eigenvalue weighted by molar-refractivity contribution is -0.577. The van der Waals surface area contributed by atoms with Gasteiger partial charge in [0.25, 0.3) is 11.3 Å². The van der Waals surface area contributed by atoms with Crippen molar-refractivity contribution in [1.82, 2.24) is 105 Å². The number of aliphatic hydroxyl groups excluding tert-OH is 1. The van der Waals surface area contributed by atoms with Crippen molar-refractivity contribution >= 4 is 118 Å². The third-order valence-electron chi connectivity index (χ3n) is 13.6. The number of H-pyrrole nitrogens is 5. The zero-order valence-electron chi connectivity index (χ0n) is 54.9. The number of carbonyl (C=O) groups excluding carboxylic acids is 3. The minimum Gasteiger partial charge on any atom is -0.618 e. The predicted molar refractivity (Wildman–Crippen MR) is 372 cm³/mol. The lowest BCUT2D eigenvalue weighted by atomic mass is 10.3. The van der Waals surface area contributed by atoms with E-state index in [-0.39, 0.29) is 18.0 Å². The predicted octanol–water partition coefficient (Wildman–Crippen LogP) is 10.2. The number of pyridine rings is 8. The molecule has 0 radical (unpaired) electrons. The number of methoxy groups -OCH3 is 1. The van der Waals surface area contributed by atoms with Crippen molar-refractivity contribution in [3.63, 3.8) is 0 Å². The molecule has 99 heavy (non-hydrogen) atoms. The summed E-state index contributed by atoms with van der Waals surface area (Å²) >= 11 is 0. The van der Waals surface area contributed by atoms with E-state index in [2.05, 4.69) is 145 Å². The number of hydrogen-bond acceptors (Lipinski definition) is 22. The van der Waals surface area contributed by atoms with Crippen molar-refractivity contribution < 1.29 is 42.8 Å². The Bertz CT molecular complexity index is 5040. The van der Waals surface area contributed by atoms with Crippen molar-refractivity contribution in [2.75, 3.05) is 20.3 Å². The maximum absolute atomic E-state index is 12.3. The first-order valence-corrected chi connectivity index (χ1v) is 37.7. The third kappa shape index (κ3) is 22.2. The molecule has 6 N–H and O–H groups in total. The molecule has 0 atom stereocenters. The van der Waals surface area contributed by atoms with E-state index in [0.29, 0.717) is 54.3 Å². The summed E-state index contributed by atoms with van der Waals surface area (Å²) in [6.07, 6.45) is 18.9. The summed E-state index contributed by atoms with van der Waals surface area (Å²) in [5.41, 5.74) is 12.8. The highest BCUT2D eigenvalue weighted by molar-refractivity contribution is 6.76. The molecular formula is C65H70FN23O8Si2. The quantitative estimate of drug-likeness (QED) is 0.0112. The first kappa shape index (κ1) is 72.7. The highest BCUT2D eigenvalue weighted by atomic mass is 28.3. The number of aromatic nitrogens is 22. The molecule has 15 heterocycles. The fourth-order valence-corrected chi connectivity index (χ4v) is 9.78. The highest BCUT2D eigenvalue weighted by Crippen LogP contribution is 2.16. The summed E-state index contributed by atoms with van der Waals surface area (Å²) in [6.45, 7) is 23.2. The van der Waals surface area contributed by atoms with E-state index in [9.17, 15) is 24.0 Å².